The standard InChI is InChI=1S/C19H21FN2O3S2/c1-27(24,25)21-11-9-13-5-7-14(8-6-13)19(23)22-17-10-12-26-18-15(17)3-2-4-16(18)20/h2-8,17,21H,9-12H2,1H3,(H,22,23)/t17-/m1/s1. The van der Waals surface area contributed by atoms with Gasteiger partial charge in [0.1, 0.15) is 5.82 Å². The van der Waals surface area contributed by atoms with E-state index < -0.39 is 10.0 Å². The molecule has 0 saturated carbocycles. The number of hydrogen-bond donors (Lipinski definition) is 2. The maximum absolute atomic E-state index is 13.9. The van der Waals surface area contributed by atoms with Crippen LogP contribution in [0.1, 0.15) is 33.9 Å². The van der Waals surface area contributed by atoms with Gasteiger partial charge in [0.05, 0.1) is 12.3 Å². The number of thioether (sulfide) groups is 1. The van der Waals surface area contributed by atoms with Crippen molar-refractivity contribution in [2.75, 3.05) is 18.6 Å². The van der Waals surface area contributed by atoms with Crippen LogP contribution in [-0.4, -0.2) is 32.9 Å². The minimum absolute atomic E-state index is 0.205. The van der Waals surface area contributed by atoms with Gasteiger partial charge in [0, 0.05) is 22.8 Å². The van der Waals surface area contributed by atoms with Crippen molar-refractivity contribution in [3.63, 3.8) is 0 Å². The van der Waals surface area contributed by atoms with Crippen molar-refractivity contribution in [1.29, 1.82) is 0 Å². The van der Waals surface area contributed by atoms with Crippen LogP contribution in [0.2, 0.25) is 0 Å². The Bertz CT molecular complexity index is 930. The van der Waals surface area contributed by atoms with Crippen LogP contribution in [-0.2, 0) is 16.4 Å². The van der Waals surface area contributed by atoms with Crippen LogP contribution in [0, 0.1) is 5.82 Å². The number of carbonyl (C=O) groups is 1. The molecule has 0 bridgehead atoms. The van der Waals surface area contributed by atoms with Gasteiger partial charge in [-0.15, -0.1) is 11.8 Å². The lowest BCUT2D eigenvalue weighted by molar-refractivity contribution is 0.0934. The minimum Gasteiger partial charge on any atom is -0.345 e. The van der Waals surface area contributed by atoms with Gasteiger partial charge in [0.25, 0.3) is 5.91 Å². The van der Waals surface area contributed by atoms with Crippen LogP contribution in [0.15, 0.2) is 47.4 Å². The van der Waals surface area contributed by atoms with Crippen molar-refractivity contribution in [1.82, 2.24) is 10.0 Å². The number of sulfonamides is 1. The molecule has 1 aliphatic heterocycles. The van der Waals surface area contributed by atoms with E-state index in [9.17, 15) is 17.6 Å². The average molecular weight is 409 g/mol. The fourth-order valence-corrected chi connectivity index (χ4v) is 4.60. The topological polar surface area (TPSA) is 75.3 Å². The summed E-state index contributed by atoms with van der Waals surface area (Å²) in [5.41, 5.74) is 2.28. The summed E-state index contributed by atoms with van der Waals surface area (Å²) in [4.78, 5) is 13.2. The quantitative estimate of drug-likeness (QED) is 0.771. The highest BCUT2D eigenvalue weighted by molar-refractivity contribution is 7.99. The van der Waals surface area contributed by atoms with Gasteiger partial charge in [-0.25, -0.2) is 17.5 Å². The van der Waals surface area contributed by atoms with E-state index in [1.165, 1.54) is 17.8 Å². The van der Waals surface area contributed by atoms with Crippen molar-refractivity contribution in [3.05, 3.63) is 65.0 Å². The van der Waals surface area contributed by atoms with E-state index in [4.69, 9.17) is 0 Å². The van der Waals surface area contributed by atoms with Crippen molar-refractivity contribution in [3.8, 4) is 0 Å². The number of amides is 1. The highest BCUT2D eigenvalue weighted by atomic mass is 32.2. The number of carbonyl (C=O) groups excluding carboxylic acids is 1. The number of benzene rings is 2. The molecule has 1 heterocycles. The van der Waals surface area contributed by atoms with Crippen LogP contribution < -0.4 is 10.0 Å². The van der Waals surface area contributed by atoms with Gasteiger partial charge in [-0.2, -0.15) is 0 Å². The van der Waals surface area contributed by atoms with Crippen molar-refractivity contribution >= 4 is 27.7 Å². The molecule has 8 heteroatoms. The Kier molecular flexibility index (Phi) is 6.18. The third-order valence-corrected chi connectivity index (χ3v) is 6.21. The summed E-state index contributed by atoms with van der Waals surface area (Å²) in [7, 11) is -3.20. The van der Waals surface area contributed by atoms with Gasteiger partial charge in [0.15, 0.2) is 0 Å². The minimum atomic E-state index is -3.20. The number of nitrogens with one attached hydrogen (secondary N) is 2. The molecule has 1 aliphatic rings. The molecule has 27 heavy (non-hydrogen) atoms. The van der Waals surface area contributed by atoms with E-state index >= 15 is 0 Å². The Morgan fingerprint density at radius 2 is 1.96 bits per heavy atom. The Labute approximate surface area is 162 Å². The molecule has 0 fully saturated rings. The van der Waals surface area contributed by atoms with Gasteiger partial charge >= 0.3 is 0 Å². The van der Waals surface area contributed by atoms with Crippen LogP contribution in [0.5, 0.6) is 0 Å². The van der Waals surface area contributed by atoms with Crippen LogP contribution in [0.4, 0.5) is 4.39 Å². The predicted molar refractivity (Wildman–Crippen MR) is 105 cm³/mol. The molecule has 0 aromatic heterocycles. The second-order valence-electron chi connectivity index (χ2n) is 6.43. The third-order valence-electron chi connectivity index (χ3n) is 4.33. The summed E-state index contributed by atoms with van der Waals surface area (Å²) in [5, 5.41) is 2.99. The number of hydrogen-bond acceptors (Lipinski definition) is 4. The highest BCUT2D eigenvalue weighted by Crippen LogP contribution is 2.37. The zero-order chi connectivity index (χ0) is 19.4. The second-order valence-corrected chi connectivity index (χ2v) is 9.37. The van der Waals surface area contributed by atoms with Gasteiger partial charge in [-0.05, 0) is 42.2 Å². The Morgan fingerprint density at radius 1 is 1.22 bits per heavy atom. The first-order valence-corrected chi connectivity index (χ1v) is 11.5. The molecule has 2 N–H and O–H groups in total. The molecule has 0 unspecified atom stereocenters. The smallest absolute Gasteiger partial charge is 0.251 e. The Hall–Kier alpha value is -1.90. The molecule has 1 atom stereocenters. The van der Waals surface area contributed by atoms with Crippen LogP contribution >= 0.6 is 11.8 Å². The molecule has 0 aliphatic carbocycles. The van der Waals surface area contributed by atoms with E-state index in [0.29, 0.717) is 23.4 Å². The van der Waals surface area contributed by atoms with Gasteiger partial charge in [-0.3, -0.25) is 4.79 Å². The highest BCUT2D eigenvalue weighted by Gasteiger charge is 2.24. The van der Waals surface area contributed by atoms with Crippen LogP contribution in [0.3, 0.4) is 0 Å². The Morgan fingerprint density at radius 3 is 2.67 bits per heavy atom. The average Bonchev–Trinajstić information content (AvgIpc) is 2.62. The van der Waals surface area contributed by atoms with E-state index in [1.807, 2.05) is 18.2 Å². The molecular formula is C19H21FN2O3S2. The molecule has 0 radical (unpaired) electrons. The monoisotopic (exact) mass is 408 g/mol. The van der Waals surface area contributed by atoms with Crippen molar-refractivity contribution in [2.45, 2.75) is 23.8 Å². The lowest BCUT2D eigenvalue weighted by Crippen LogP contribution is -2.30. The molecule has 2 aromatic rings. The molecule has 5 nitrogen and oxygen atoms in total. The second kappa shape index (κ2) is 8.41. The molecule has 3 rings (SSSR count). The first kappa shape index (κ1) is 19.9. The molecule has 0 saturated heterocycles. The Balaban J connectivity index is 1.63. The van der Waals surface area contributed by atoms with Crippen LogP contribution in [0.25, 0.3) is 0 Å². The number of rotatable bonds is 6. The predicted octanol–water partition coefficient (Wildman–Crippen LogP) is 2.88. The fraction of sp³-hybridized carbons (Fsp3) is 0.316. The summed E-state index contributed by atoms with van der Waals surface area (Å²) in [6, 6.07) is 11.8. The summed E-state index contributed by atoms with van der Waals surface area (Å²) < 4.78 is 38.5. The zero-order valence-electron chi connectivity index (χ0n) is 14.9. The van der Waals surface area contributed by atoms with Crippen molar-refractivity contribution < 1.29 is 17.6 Å². The van der Waals surface area contributed by atoms with E-state index in [1.54, 1.807) is 18.2 Å². The van der Waals surface area contributed by atoms with Crippen molar-refractivity contribution in [2.24, 2.45) is 0 Å². The third kappa shape index (κ3) is 5.31. The SMILES string of the molecule is CS(=O)(=O)NCCc1ccc(C(=O)N[C@@H]2CCSc3c(F)cccc32)cc1. The lowest BCUT2D eigenvalue weighted by atomic mass is 10.0. The fourth-order valence-electron chi connectivity index (χ4n) is 2.98. The molecule has 1 amide bonds. The zero-order valence-corrected chi connectivity index (χ0v) is 16.5. The van der Waals surface area contributed by atoms with E-state index in [-0.39, 0.29) is 17.8 Å². The molecule has 144 valence electrons. The first-order valence-electron chi connectivity index (χ1n) is 8.59. The molecular weight excluding hydrogens is 387 g/mol. The first-order chi connectivity index (χ1) is 12.8. The van der Waals surface area contributed by atoms with Gasteiger partial charge < -0.3 is 5.32 Å². The summed E-state index contributed by atoms with van der Waals surface area (Å²) in [6.07, 6.45) is 2.41. The number of halogens is 1. The maximum Gasteiger partial charge on any atom is 0.251 e. The van der Waals surface area contributed by atoms with Gasteiger partial charge in [0.2, 0.25) is 10.0 Å². The normalized spacial score (nSPS) is 16.6. The van der Waals surface area contributed by atoms with E-state index in [0.717, 1.165) is 29.6 Å². The summed E-state index contributed by atoms with van der Waals surface area (Å²) in [6.45, 7) is 0.312. The molecule has 2 aromatic carbocycles. The lowest BCUT2D eigenvalue weighted by Gasteiger charge is -2.26. The number of fused-ring (bicyclic) bond motifs is 1. The largest absolute Gasteiger partial charge is 0.345 e. The summed E-state index contributed by atoms with van der Waals surface area (Å²) in [5.74, 6) is 0.303. The summed E-state index contributed by atoms with van der Waals surface area (Å²) >= 11 is 1.48. The molecule has 0 spiro atoms. The van der Waals surface area contributed by atoms with E-state index in [2.05, 4.69) is 10.0 Å². The maximum atomic E-state index is 13.9. The van der Waals surface area contributed by atoms with Gasteiger partial charge in [-0.1, -0.05) is 24.3 Å².